The molecule has 0 aromatic carbocycles. The molecule has 1 saturated heterocycles. The number of hydrogen-bond donors (Lipinski definition) is 1. The lowest BCUT2D eigenvalue weighted by Gasteiger charge is -2.22. The summed E-state index contributed by atoms with van der Waals surface area (Å²) in [7, 11) is -3.29. The van der Waals surface area contributed by atoms with E-state index in [1.807, 2.05) is 0 Å². The summed E-state index contributed by atoms with van der Waals surface area (Å²) in [6, 6.07) is 0. The van der Waals surface area contributed by atoms with E-state index in [4.69, 9.17) is 5.11 Å². The summed E-state index contributed by atoms with van der Waals surface area (Å²) < 4.78 is 22.9. The Balaban J connectivity index is 2.61. The van der Waals surface area contributed by atoms with Gasteiger partial charge in [-0.1, -0.05) is 0 Å². The summed E-state index contributed by atoms with van der Waals surface area (Å²) in [6.45, 7) is 4.99. The number of carboxylic acid groups (broad SMARTS) is 1. The number of carboxylic acids is 1. The van der Waals surface area contributed by atoms with E-state index in [2.05, 4.69) is 0 Å². The lowest BCUT2D eigenvalue weighted by molar-refractivity contribution is -0.141. The van der Waals surface area contributed by atoms with Crippen molar-refractivity contribution in [3.8, 4) is 0 Å². The Morgan fingerprint density at radius 2 is 2.00 bits per heavy atom. The van der Waals surface area contributed by atoms with Crippen LogP contribution in [-0.4, -0.2) is 53.9 Å². The van der Waals surface area contributed by atoms with Gasteiger partial charge in [0.2, 0.25) is 5.91 Å². The van der Waals surface area contributed by atoms with Gasteiger partial charge in [-0.3, -0.25) is 9.59 Å². The number of nitrogens with zero attached hydrogens (tertiary/aromatic N) is 1. The molecule has 1 atom stereocenters. The standard InChI is InChI=1S/C11H19NO5S/c1-11(2,3)18(16,17)5-4-12-7-8(10(14)15)6-9(12)13/h8H,4-7H2,1-3H3,(H,14,15). The molecule has 1 heterocycles. The van der Waals surface area contributed by atoms with E-state index in [1.165, 1.54) is 4.90 Å². The maximum absolute atomic E-state index is 11.9. The topological polar surface area (TPSA) is 91.8 Å². The zero-order chi connectivity index (χ0) is 14.1. The van der Waals surface area contributed by atoms with E-state index in [-0.39, 0.29) is 31.2 Å². The summed E-state index contributed by atoms with van der Waals surface area (Å²) >= 11 is 0. The Kier molecular flexibility index (Phi) is 4.05. The van der Waals surface area contributed by atoms with E-state index < -0.39 is 26.5 Å². The van der Waals surface area contributed by atoms with Crippen LogP contribution in [-0.2, 0) is 19.4 Å². The Morgan fingerprint density at radius 1 is 1.44 bits per heavy atom. The van der Waals surface area contributed by atoms with Crippen molar-refractivity contribution in [1.29, 1.82) is 0 Å². The van der Waals surface area contributed by atoms with Gasteiger partial charge in [-0.2, -0.15) is 0 Å². The van der Waals surface area contributed by atoms with Gasteiger partial charge >= 0.3 is 5.97 Å². The molecule has 1 N–H and O–H groups in total. The Labute approximate surface area is 107 Å². The number of rotatable bonds is 4. The fraction of sp³-hybridized carbons (Fsp3) is 0.818. The molecule has 1 fully saturated rings. The van der Waals surface area contributed by atoms with Gasteiger partial charge in [0.1, 0.15) is 0 Å². The lowest BCUT2D eigenvalue weighted by atomic mass is 10.1. The average Bonchev–Trinajstić information content (AvgIpc) is 2.55. The van der Waals surface area contributed by atoms with Crippen molar-refractivity contribution in [3.63, 3.8) is 0 Å². The van der Waals surface area contributed by atoms with Crippen molar-refractivity contribution in [3.05, 3.63) is 0 Å². The largest absolute Gasteiger partial charge is 0.481 e. The number of sulfone groups is 1. The van der Waals surface area contributed by atoms with Gasteiger partial charge in [0, 0.05) is 19.5 Å². The minimum atomic E-state index is -3.29. The van der Waals surface area contributed by atoms with E-state index in [0.717, 1.165) is 0 Å². The number of hydrogen-bond acceptors (Lipinski definition) is 4. The first kappa shape index (κ1) is 14.9. The molecule has 18 heavy (non-hydrogen) atoms. The Bertz CT molecular complexity index is 449. The maximum Gasteiger partial charge on any atom is 0.308 e. The van der Waals surface area contributed by atoms with Gasteiger partial charge in [0.05, 0.1) is 16.4 Å². The van der Waals surface area contributed by atoms with Crippen molar-refractivity contribution in [1.82, 2.24) is 4.90 Å². The van der Waals surface area contributed by atoms with Crippen LogP contribution in [0.25, 0.3) is 0 Å². The van der Waals surface area contributed by atoms with Crippen LogP contribution in [0.15, 0.2) is 0 Å². The Morgan fingerprint density at radius 3 is 2.39 bits per heavy atom. The molecule has 1 amide bonds. The molecule has 1 unspecified atom stereocenters. The molecule has 1 aliphatic rings. The normalized spacial score (nSPS) is 21.4. The van der Waals surface area contributed by atoms with Gasteiger partial charge in [-0.15, -0.1) is 0 Å². The molecular formula is C11H19NO5S. The van der Waals surface area contributed by atoms with Crippen molar-refractivity contribution >= 4 is 21.7 Å². The number of aliphatic carboxylic acids is 1. The Hall–Kier alpha value is -1.11. The molecular weight excluding hydrogens is 258 g/mol. The quantitative estimate of drug-likeness (QED) is 0.788. The highest BCUT2D eigenvalue weighted by Gasteiger charge is 2.36. The lowest BCUT2D eigenvalue weighted by Crippen LogP contribution is -2.37. The second-order valence-electron chi connectivity index (χ2n) is 5.51. The van der Waals surface area contributed by atoms with Gasteiger partial charge in [0.15, 0.2) is 9.84 Å². The molecule has 0 aromatic rings. The van der Waals surface area contributed by atoms with Crippen LogP contribution in [0.3, 0.4) is 0 Å². The summed E-state index contributed by atoms with van der Waals surface area (Å²) in [5.74, 6) is -2.14. The van der Waals surface area contributed by atoms with E-state index in [0.29, 0.717) is 0 Å². The second-order valence-corrected chi connectivity index (χ2v) is 8.37. The molecule has 6 nitrogen and oxygen atoms in total. The predicted octanol–water partition coefficient (Wildman–Crippen LogP) is 0.133. The molecule has 0 spiro atoms. The van der Waals surface area contributed by atoms with Crippen molar-refractivity contribution < 1.29 is 23.1 Å². The minimum Gasteiger partial charge on any atom is -0.481 e. The van der Waals surface area contributed by atoms with Crippen molar-refractivity contribution in [2.24, 2.45) is 5.92 Å². The highest BCUT2D eigenvalue weighted by atomic mass is 32.2. The van der Waals surface area contributed by atoms with Crippen LogP contribution in [0.5, 0.6) is 0 Å². The molecule has 0 radical (unpaired) electrons. The summed E-state index contributed by atoms with van der Waals surface area (Å²) in [4.78, 5) is 23.6. The van der Waals surface area contributed by atoms with Crippen LogP contribution in [0, 0.1) is 5.92 Å². The van der Waals surface area contributed by atoms with Crippen LogP contribution < -0.4 is 0 Å². The molecule has 104 valence electrons. The third-order valence-electron chi connectivity index (χ3n) is 3.13. The second kappa shape index (κ2) is 4.87. The molecule has 0 saturated carbocycles. The predicted molar refractivity (Wildman–Crippen MR) is 65.9 cm³/mol. The monoisotopic (exact) mass is 277 g/mol. The number of likely N-dealkylation sites (tertiary alicyclic amines) is 1. The molecule has 1 aliphatic heterocycles. The van der Waals surface area contributed by atoms with Gasteiger partial charge < -0.3 is 10.0 Å². The van der Waals surface area contributed by atoms with Gasteiger partial charge in [-0.25, -0.2) is 8.42 Å². The zero-order valence-corrected chi connectivity index (χ0v) is 11.7. The zero-order valence-electron chi connectivity index (χ0n) is 10.8. The first-order valence-electron chi connectivity index (χ1n) is 5.77. The molecule has 0 aliphatic carbocycles. The molecule has 7 heteroatoms. The fourth-order valence-electron chi connectivity index (χ4n) is 1.69. The summed E-state index contributed by atoms with van der Waals surface area (Å²) in [6.07, 6.45) is -0.0368. The minimum absolute atomic E-state index is 0.0368. The third-order valence-corrected chi connectivity index (χ3v) is 5.71. The number of carbonyl (C=O) groups excluding carboxylic acids is 1. The smallest absolute Gasteiger partial charge is 0.308 e. The third kappa shape index (κ3) is 3.22. The first-order chi connectivity index (χ1) is 8.04. The maximum atomic E-state index is 11.9. The summed E-state index contributed by atoms with van der Waals surface area (Å²) in [5.41, 5.74) is 0. The average molecular weight is 277 g/mol. The van der Waals surface area contributed by atoms with Gasteiger partial charge in [-0.05, 0) is 20.8 Å². The SMILES string of the molecule is CC(C)(C)S(=O)(=O)CCN1CC(C(=O)O)CC1=O. The fourth-order valence-corrected chi connectivity index (χ4v) is 2.76. The summed E-state index contributed by atoms with van der Waals surface area (Å²) in [5, 5.41) is 8.81. The van der Waals surface area contributed by atoms with Crippen LogP contribution in [0.2, 0.25) is 0 Å². The van der Waals surface area contributed by atoms with Crippen LogP contribution in [0.4, 0.5) is 0 Å². The molecule has 0 bridgehead atoms. The highest BCUT2D eigenvalue weighted by molar-refractivity contribution is 7.92. The van der Waals surface area contributed by atoms with Crippen molar-refractivity contribution in [2.75, 3.05) is 18.8 Å². The molecule has 1 rings (SSSR count). The van der Waals surface area contributed by atoms with Crippen LogP contribution >= 0.6 is 0 Å². The van der Waals surface area contributed by atoms with Gasteiger partial charge in [0.25, 0.3) is 0 Å². The number of carbonyl (C=O) groups is 2. The first-order valence-corrected chi connectivity index (χ1v) is 7.43. The van der Waals surface area contributed by atoms with E-state index >= 15 is 0 Å². The highest BCUT2D eigenvalue weighted by Crippen LogP contribution is 2.20. The van der Waals surface area contributed by atoms with Crippen LogP contribution in [0.1, 0.15) is 27.2 Å². The van der Waals surface area contributed by atoms with E-state index in [1.54, 1.807) is 20.8 Å². The van der Waals surface area contributed by atoms with Crippen molar-refractivity contribution in [2.45, 2.75) is 31.9 Å². The number of amides is 1. The molecule has 0 aromatic heterocycles. The van der Waals surface area contributed by atoms with E-state index in [9.17, 15) is 18.0 Å².